The minimum absolute atomic E-state index is 0.520. The number of ether oxygens (including phenoxy) is 1. The van der Waals surface area contributed by atoms with Crippen LogP contribution in [0.2, 0.25) is 0 Å². The largest absolute Gasteiger partial charge is 0.436 e. The average molecular weight is 283 g/mol. The Labute approximate surface area is 102 Å². The van der Waals surface area contributed by atoms with Gasteiger partial charge in [0.05, 0.1) is 12.4 Å². The third-order valence-corrected chi connectivity index (χ3v) is 2.34. The van der Waals surface area contributed by atoms with Crippen LogP contribution in [-0.4, -0.2) is 19.7 Å². The number of hydrogen-bond acceptors (Lipinski definition) is 4. The first-order valence-electron chi connectivity index (χ1n) is 4.87. The van der Waals surface area contributed by atoms with Crippen LogP contribution in [0.25, 0.3) is 0 Å². The zero-order valence-corrected chi connectivity index (χ0v) is 10.6. The van der Waals surface area contributed by atoms with Gasteiger partial charge in [-0.3, -0.25) is 4.68 Å². The molecule has 5 nitrogen and oxygen atoms in total. The first-order chi connectivity index (χ1) is 7.67. The van der Waals surface area contributed by atoms with E-state index in [1.807, 2.05) is 14.0 Å². The highest BCUT2D eigenvalue weighted by Crippen LogP contribution is 2.21. The van der Waals surface area contributed by atoms with Crippen LogP contribution in [0.1, 0.15) is 12.7 Å². The Balaban J connectivity index is 2.24. The Hall–Kier alpha value is -1.43. The molecule has 0 saturated carbocycles. The second-order valence-corrected chi connectivity index (χ2v) is 4.06. The van der Waals surface area contributed by atoms with Gasteiger partial charge in [0, 0.05) is 19.5 Å². The molecule has 2 aromatic heterocycles. The van der Waals surface area contributed by atoms with Crippen LogP contribution in [0.5, 0.6) is 11.6 Å². The van der Waals surface area contributed by atoms with Gasteiger partial charge >= 0.3 is 0 Å². The Morgan fingerprint density at radius 3 is 2.88 bits per heavy atom. The molecule has 0 N–H and O–H groups in total. The van der Waals surface area contributed by atoms with Crippen molar-refractivity contribution in [1.82, 2.24) is 19.7 Å². The van der Waals surface area contributed by atoms with E-state index in [2.05, 4.69) is 31.0 Å². The Bertz CT molecular complexity index is 497. The molecule has 0 radical (unpaired) electrons. The average Bonchev–Trinajstić information content (AvgIpc) is 2.63. The molecule has 0 atom stereocenters. The van der Waals surface area contributed by atoms with Crippen LogP contribution >= 0.6 is 15.9 Å². The maximum atomic E-state index is 5.56. The van der Waals surface area contributed by atoms with Crippen LogP contribution in [0.3, 0.4) is 0 Å². The monoisotopic (exact) mass is 282 g/mol. The van der Waals surface area contributed by atoms with Crippen molar-refractivity contribution in [2.45, 2.75) is 13.3 Å². The lowest BCUT2D eigenvalue weighted by Gasteiger charge is -2.03. The highest BCUT2D eigenvalue weighted by Gasteiger charge is 2.05. The summed E-state index contributed by atoms with van der Waals surface area (Å²) in [6, 6.07) is 1.73. The summed E-state index contributed by atoms with van der Waals surface area (Å²) in [5.74, 6) is 1.93. The van der Waals surface area contributed by atoms with Crippen molar-refractivity contribution in [2.24, 2.45) is 7.05 Å². The van der Waals surface area contributed by atoms with Gasteiger partial charge in [-0.25, -0.2) is 4.98 Å². The van der Waals surface area contributed by atoms with E-state index in [0.29, 0.717) is 11.6 Å². The van der Waals surface area contributed by atoms with Crippen LogP contribution in [0.15, 0.2) is 23.1 Å². The zero-order valence-electron chi connectivity index (χ0n) is 9.01. The SMILES string of the molecule is CCc1nc(Br)cc(Oc2cnn(C)c2)n1. The van der Waals surface area contributed by atoms with Gasteiger partial charge < -0.3 is 4.74 Å². The van der Waals surface area contributed by atoms with Gasteiger partial charge in [0.15, 0.2) is 5.75 Å². The van der Waals surface area contributed by atoms with E-state index in [1.54, 1.807) is 23.1 Å². The molecular formula is C10H11BrN4O. The molecule has 0 fully saturated rings. The molecule has 84 valence electrons. The molecule has 0 saturated heterocycles. The van der Waals surface area contributed by atoms with E-state index in [-0.39, 0.29) is 0 Å². The summed E-state index contributed by atoms with van der Waals surface area (Å²) >= 11 is 3.32. The van der Waals surface area contributed by atoms with Crippen molar-refractivity contribution in [3.63, 3.8) is 0 Å². The highest BCUT2D eigenvalue weighted by atomic mass is 79.9. The molecule has 0 aliphatic heterocycles. The summed E-state index contributed by atoms with van der Waals surface area (Å²) in [5, 5.41) is 4.01. The van der Waals surface area contributed by atoms with Gasteiger partial charge in [-0.05, 0) is 15.9 Å². The van der Waals surface area contributed by atoms with Crippen molar-refractivity contribution in [3.8, 4) is 11.6 Å². The number of hydrogen-bond donors (Lipinski definition) is 0. The van der Waals surface area contributed by atoms with Crippen molar-refractivity contribution in [3.05, 3.63) is 28.9 Å². The van der Waals surface area contributed by atoms with E-state index in [0.717, 1.165) is 16.8 Å². The molecule has 2 aromatic rings. The van der Waals surface area contributed by atoms with E-state index in [1.165, 1.54) is 0 Å². The van der Waals surface area contributed by atoms with Crippen molar-refractivity contribution < 1.29 is 4.74 Å². The molecule has 0 amide bonds. The number of nitrogens with zero attached hydrogens (tertiary/aromatic N) is 4. The number of rotatable bonds is 3. The summed E-state index contributed by atoms with van der Waals surface area (Å²) in [4.78, 5) is 8.46. The number of aromatic nitrogens is 4. The summed E-state index contributed by atoms with van der Waals surface area (Å²) in [5.41, 5.74) is 0. The maximum Gasteiger partial charge on any atom is 0.223 e. The van der Waals surface area contributed by atoms with Crippen LogP contribution in [0.4, 0.5) is 0 Å². The third-order valence-electron chi connectivity index (χ3n) is 1.94. The van der Waals surface area contributed by atoms with Gasteiger partial charge in [0.1, 0.15) is 10.4 Å². The minimum Gasteiger partial charge on any atom is -0.436 e. The van der Waals surface area contributed by atoms with Gasteiger partial charge in [0.2, 0.25) is 5.88 Å². The molecular weight excluding hydrogens is 272 g/mol. The standard InChI is InChI=1S/C10H11BrN4O/c1-3-9-13-8(11)4-10(14-9)16-7-5-12-15(2)6-7/h4-6H,3H2,1-2H3. The molecule has 6 heteroatoms. The lowest BCUT2D eigenvalue weighted by atomic mass is 10.4. The van der Waals surface area contributed by atoms with Crippen molar-refractivity contribution >= 4 is 15.9 Å². The summed E-state index contributed by atoms with van der Waals surface area (Å²) < 4.78 is 7.95. The predicted molar refractivity (Wildman–Crippen MR) is 62.4 cm³/mol. The van der Waals surface area contributed by atoms with Crippen molar-refractivity contribution in [1.29, 1.82) is 0 Å². The van der Waals surface area contributed by atoms with Crippen molar-refractivity contribution in [2.75, 3.05) is 0 Å². The number of aryl methyl sites for hydroxylation is 2. The first-order valence-corrected chi connectivity index (χ1v) is 5.66. The second-order valence-electron chi connectivity index (χ2n) is 3.25. The topological polar surface area (TPSA) is 52.8 Å². The summed E-state index contributed by atoms with van der Waals surface area (Å²) in [6.45, 7) is 2.00. The van der Waals surface area contributed by atoms with E-state index in [4.69, 9.17) is 4.74 Å². The van der Waals surface area contributed by atoms with Crippen LogP contribution < -0.4 is 4.74 Å². The summed E-state index contributed by atoms with van der Waals surface area (Å²) in [6.07, 6.45) is 4.19. The molecule has 0 aliphatic rings. The zero-order chi connectivity index (χ0) is 11.5. The van der Waals surface area contributed by atoms with Gasteiger partial charge in [-0.15, -0.1) is 0 Å². The Morgan fingerprint density at radius 1 is 1.44 bits per heavy atom. The fourth-order valence-corrected chi connectivity index (χ4v) is 1.63. The number of halogens is 1. The predicted octanol–water partition coefficient (Wildman–Crippen LogP) is 2.33. The second kappa shape index (κ2) is 4.61. The molecule has 0 aliphatic carbocycles. The first kappa shape index (κ1) is 11.1. The third kappa shape index (κ3) is 2.57. The smallest absolute Gasteiger partial charge is 0.223 e. The minimum atomic E-state index is 0.520. The van der Waals surface area contributed by atoms with Gasteiger partial charge in [-0.1, -0.05) is 6.92 Å². The molecule has 0 aromatic carbocycles. The van der Waals surface area contributed by atoms with Crippen LogP contribution in [0, 0.1) is 0 Å². The quantitative estimate of drug-likeness (QED) is 0.811. The molecule has 0 unspecified atom stereocenters. The lowest BCUT2D eigenvalue weighted by Crippen LogP contribution is -1.96. The summed E-state index contributed by atoms with van der Waals surface area (Å²) in [7, 11) is 1.83. The maximum absolute atomic E-state index is 5.56. The Morgan fingerprint density at radius 2 is 2.25 bits per heavy atom. The highest BCUT2D eigenvalue weighted by molar-refractivity contribution is 9.10. The molecule has 0 bridgehead atoms. The fourth-order valence-electron chi connectivity index (χ4n) is 1.22. The molecule has 2 rings (SSSR count). The van der Waals surface area contributed by atoms with E-state index >= 15 is 0 Å². The lowest BCUT2D eigenvalue weighted by molar-refractivity contribution is 0.457. The van der Waals surface area contributed by atoms with Gasteiger partial charge in [-0.2, -0.15) is 10.1 Å². The normalized spacial score (nSPS) is 10.4. The van der Waals surface area contributed by atoms with Crippen LogP contribution in [-0.2, 0) is 13.5 Å². The molecule has 16 heavy (non-hydrogen) atoms. The molecule has 2 heterocycles. The van der Waals surface area contributed by atoms with E-state index in [9.17, 15) is 0 Å². The van der Waals surface area contributed by atoms with E-state index < -0.39 is 0 Å². The Kier molecular flexibility index (Phi) is 3.19. The van der Waals surface area contributed by atoms with Gasteiger partial charge in [0.25, 0.3) is 0 Å². The molecule has 0 spiro atoms. The fraction of sp³-hybridized carbons (Fsp3) is 0.300.